The van der Waals surface area contributed by atoms with Gasteiger partial charge in [0.15, 0.2) is 0 Å². The van der Waals surface area contributed by atoms with Crippen molar-refractivity contribution in [2.45, 2.75) is 51.0 Å². The minimum Gasteiger partial charge on any atom is -0.343 e. The number of halogens is 1. The van der Waals surface area contributed by atoms with Crippen LogP contribution in [0.1, 0.15) is 44.3 Å². The van der Waals surface area contributed by atoms with Crippen LogP contribution in [-0.4, -0.2) is 38.7 Å². The second-order valence-electron chi connectivity index (χ2n) is 6.36. The molecule has 2 aromatic rings. The first-order valence-corrected chi connectivity index (χ1v) is 8.55. The quantitative estimate of drug-likeness (QED) is 0.846. The summed E-state index contributed by atoms with van der Waals surface area (Å²) in [6.07, 6.45) is 8.20. The molecule has 1 heterocycles. The molecule has 1 fully saturated rings. The number of nitrogens with zero attached hydrogens (tertiary/aromatic N) is 4. The van der Waals surface area contributed by atoms with Crippen LogP contribution >= 0.6 is 0 Å². The van der Waals surface area contributed by atoms with Gasteiger partial charge in [0.05, 0.1) is 5.69 Å². The summed E-state index contributed by atoms with van der Waals surface area (Å²) in [7, 11) is 1.90. The topological polar surface area (TPSA) is 51.0 Å². The number of aromatic nitrogens is 3. The minimum absolute atomic E-state index is 0.135. The van der Waals surface area contributed by atoms with Gasteiger partial charge < -0.3 is 4.90 Å². The third-order valence-electron chi connectivity index (χ3n) is 4.75. The molecule has 0 spiro atoms. The summed E-state index contributed by atoms with van der Waals surface area (Å²) >= 11 is 0. The predicted molar refractivity (Wildman–Crippen MR) is 89.3 cm³/mol. The van der Waals surface area contributed by atoms with Gasteiger partial charge in [0.2, 0.25) is 5.91 Å². The Morgan fingerprint density at radius 1 is 1.33 bits per heavy atom. The molecule has 1 saturated carbocycles. The molecule has 3 rings (SSSR count). The van der Waals surface area contributed by atoms with E-state index in [0.717, 1.165) is 12.8 Å². The third kappa shape index (κ3) is 3.80. The molecular weight excluding hydrogens is 307 g/mol. The molecule has 1 aliphatic rings. The number of carbonyl (C=O) groups is 1. The van der Waals surface area contributed by atoms with Crippen molar-refractivity contribution in [3.05, 3.63) is 42.2 Å². The second kappa shape index (κ2) is 7.55. The van der Waals surface area contributed by atoms with Crippen LogP contribution in [0.3, 0.4) is 0 Å². The molecule has 0 atom stereocenters. The summed E-state index contributed by atoms with van der Waals surface area (Å²) < 4.78 is 15.0. The lowest BCUT2D eigenvalue weighted by molar-refractivity contribution is -0.132. The zero-order valence-electron chi connectivity index (χ0n) is 14.0. The van der Waals surface area contributed by atoms with E-state index in [-0.39, 0.29) is 11.7 Å². The first-order chi connectivity index (χ1) is 11.6. The lowest BCUT2D eigenvalue weighted by atomic mass is 9.94. The van der Waals surface area contributed by atoms with Crippen LogP contribution in [0.25, 0.3) is 5.69 Å². The van der Waals surface area contributed by atoms with Crippen molar-refractivity contribution in [2.75, 3.05) is 7.05 Å². The first-order valence-electron chi connectivity index (χ1n) is 8.55. The summed E-state index contributed by atoms with van der Waals surface area (Å²) in [4.78, 5) is 18.6. The Balaban J connectivity index is 1.63. The van der Waals surface area contributed by atoms with Crippen molar-refractivity contribution in [1.82, 2.24) is 19.7 Å². The van der Waals surface area contributed by atoms with E-state index in [4.69, 9.17) is 0 Å². The van der Waals surface area contributed by atoms with Crippen molar-refractivity contribution >= 4 is 5.91 Å². The molecule has 1 aromatic heterocycles. The molecule has 1 amide bonds. The van der Waals surface area contributed by atoms with E-state index < -0.39 is 0 Å². The van der Waals surface area contributed by atoms with Crippen molar-refractivity contribution < 1.29 is 9.18 Å². The fraction of sp³-hybridized carbons (Fsp3) is 0.500. The van der Waals surface area contributed by atoms with Crippen molar-refractivity contribution in [3.63, 3.8) is 0 Å². The fourth-order valence-corrected chi connectivity index (χ4v) is 3.33. The number of aryl methyl sites for hydroxylation is 1. The minimum atomic E-state index is -0.318. The Bertz CT molecular complexity index is 694. The number of hydrogen-bond acceptors (Lipinski definition) is 3. The van der Waals surface area contributed by atoms with E-state index in [1.807, 2.05) is 11.9 Å². The van der Waals surface area contributed by atoms with Crippen LogP contribution < -0.4 is 0 Å². The fourth-order valence-electron chi connectivity index (χ4n) is 3.33. The predicted octanol–water partition coefficient (Wildman–Crippen LogP) is 3.13. The Morgan fingerprint density at radius 3 is 2.88 bits per heavy atom. The maximum atomic E-state index is 13.4. The highest BCUT2D eigenvalue weighted by molar-refractivity contribution is 5.76. The maximum absolute atomic E-state index is 13.4. The van der Waals surface area contributed by atoms with Gasteiger partial charge in [-0.3, -0.25) is 4.79 Å². The maximum Gasteiger partial charge on any atom is 0.223 e. The van der Waals surface area contributed by atoms with Gasteiger partial charge in [-0.25, -0.2) is 14.1 Å². The van der Waals surface area contributed by atoms with E-state index in [0.29, 0.717) is 30.4 Å². The largest absolute Gasteiger partial charge is 0.343 e. The summed E-state index contributed by atoms with van der Waals surface area (Å²) in [6.45, 7) is 0. The van der Waals surface area contributed by atoms with Crippen LogP contribution in [0.4, 0.5) is 4.39 Å². The molecule has 0 radical (unpaired) electrons. The Morgan fingerprint density at radius 2 is 2.12 bits per heavy atom. The van der Waals surface area contributed by atoms with Gasteiger partial charge in [0.1, 0.15) is 18.0 Å². The van der Waals surface area contributed by atoms with Crippen LogP contribution in [0.2, 0.25) is 0 Å². The summed E-state index contributed by atoms with van der Waals surface area (Å²) in [5.74, 6) is 0.490. The SMILES string of the molecule is CN(C(=O)CCc1ncnn1-c1cccc(F)c1)C1CCCCC1. The number of benzene rings is 1. The molecule has 6 heteroatoms. The lowest BCUT2D eigenvalue weighted by Gasteiger charge is -2.31. The van der Waals surface area contributed by atoms with Gasteiger partial charge in [-0.05, 0) is 31.0 Å². The highest BCUT2D eigenvalue weighted by Gasteiger charge is 2.22. The standard InChI is InChI=1S/C18H23FN4O/c1-22(15-7-3-2-4-8-15)18(24)11-10-17-20-13-21-23(17)16-9-5-6-14(19)12-16/h5-6,9,12-13,15H,2-4,7-8,10-11H2,1H3. The number of hydrogen-bond donors (Lipinski definition) is 0. The molecule has 5 nitrogen and oxygen atoms in total. The van der Waals surface area contributed by atoms with Crippen molar-refractivity contribution in [3.8, 4) is 5.69 Å². The number of carbonyl (C=O) groups excluding carboxylic acids is 1. The molecule has 0 N–H and O–H groups in total. The van der Waals surface area contributed by atoms with Crippen LogP contribution in [0.5, 0.6) is 0 Å². The van der Waals surface area contributed by atoms with Crippen molar-refractivity contribution in [2.24, 2.45) is 0 Å². The zero-order chi connectivity index (χ0) is 16.9. The molecule has 0 unspecified atom stereocenters. The van der Waals surface area contributed by atoms with E-state index in [1.165, 1.54) is 37.7 Å². The van der Waals surface area contributed by atoms with Crippen LogP contribution in [-0.2, 0) is 11.2 Å². The van der Waals surface area contributed by atoms with Gasteiger partial charge in [-0.1, -0.05) is 25.3 Å². The average Bonchev–Trinajstić information content (AvgIpc) is 3.08. The summed E-state index contributed by atoms with van der Waals surface area (Å²) in [5.41, 5.74) is 0.621. The lowest BCUT2D eigenvalue weighted by Crippen LogP contribution is -2.38. The number of amides is 1. The molecule has 1 aliphatic carbocycles. The van der Waals surface area contributed by atoms with Crippen molar-refractivity contribution in [1.29, 1.82) is 0 Å². The van der Waals surface area contributed by atoms with Gasteiger partial charge in [-0.2, -0.15) is 5.10 Å². The van der Waals surface area contributed by atoms with E-state index in [9.17, 15) is 9.18 Å². The zero-order valence-corrected chi connectivity index (χ0v) is 14.0. The first kappa shape index (κ1) is 16.6. The van der Waals surface area contributed by atoms with E-state index in [2.05, 4.69) is 10.1 Å². The molecule has 1 aromatic carbocycles. The van der Waals surface area contributed by atoms with E-state index >= 15 is 0 Å². The smallest absolute Gasteiger partial charge is 0.223 e. The van der Waals surface area contributed by atoms with Crippen LogP contribution in [0, 0.1) is 5.82 Å². The molecule has 0 saturated heterocycles. The van der Waals surface area contributed by atoms with Crippen LogP contribution in [0.15, 0.2) is 30.6 Å². The van der Waals surface area contributed by atoms with E-state index in [1.54, 1.807) is 16.8 Å². The Labute approximate surface area is 141 Å². The Kier molecular flexibility index (Phi) is 5.23. The highest BCUT2D eigenvalue weighted by Crippen LogP contribution is 2.22. The average molecular weight is 330 g/mol. The highest BCUT2D eigenvalue weighted by atomic mass is 19.1. The second-order valence-corrected chi connectivity index (χ2v) is 6.36. The molecule has 128 valence electrons. The van der Waals surface area contributed by atoms with Gasteiger partial charge in [-0.15, -0.1) is 0 Å². The van der Waals surface area contributed by atoms with Gasteiger partial charge in [0, 0.05) is 25.9 Å². The Hall–Kier alpha value is -2.24. The van der Waals surface area contributed by atoms with Gasteiger partial charge in [0.25, 0.3) is 0 Å². The summed E-state index contributed by atoms with van der Waals surface area (Å²) in [5, 5.41) is 4.15. The normalized spacial score (nSPS) is 15.4. The monoisotopic (exact) mass is 330 g/mol. The molecule has 0 bridgehead atoms. The molecular formula is C18H23FN4O. The molecule has 24 heavy (non-hydrogen) atoms. The summed E-state index contributed by atoms with van der Waals surface area (Å²) in [6, 6.07) is 6.58. The van der Waals surface area contributed by atoms with Gasteiger partial charge >= 0.3 is 0 Å². The molecule has 0 aliphatic heterocycles. The number of rotatable bonds is 5. The third-order valence-corrected chi connectivity index (χ3v) is 4.75.